The van der Waals surface area contributed by atoms with Gasteiger partial charge in [-0.25, -0.2) is 0 Å². The van der Waals surface area contributed by atoms with E-state index in [1.54, 1.807) is 48.5 Å². The second-order valence-corrected chi connectivity index (χ2v) is 9.09. The number of hydrogen-bond donors (Lipinski definition) is 0. The fourth-order valence-electron chi connectivity index (χ4n) is 4.01. The van der Waals surface area contributed by atoms with Crippen molar-refractivity contribution in [2.75, 3.05) is 0 Å². The van der Waals surface area contributed by atoms with Gasteiger partial charge >= 0.3 is 11.8 Å². The van der Waals surface area contributed by atoms with Crippen molar-refractivity contribution < 1.29 is 14.3 Å². The molecule has 3 aromatic carbocycles. The SMILES string of the molecule is CCCCC(Cc1ccccc1)(C(=O)OC(C#N)(Oc1ccccc1)c1ccccc1)C(C)Cl. The van der Waals surface area contributed by atoms with E-state index in [1.165, 1.54) is 0 Å². The Morgan fingerprint density at radius 1 is 0.971 bits per heavy atom. The molecule has 0 bridgehead atoms. The number of benzene rings is 3. The van der Waals surface area contributed by atoms with Gasteiger partial charge in [0.05, 0.1) is 11.0 Å². The highest BCUT2D eigenvalue weighted by atomic mass is 35.5. The highest BCUT2D eigenvalue weighted by molar-refractivity contribution is 6.22. The van der Waals surface area contributed by atoms with Crippen molar-refractivity contribution in [3.8, 4) is 11.8 Å². The van der Waals surface area contributed by atoms with E-state index < -0.39 is 22.5 Å². The number of unbranched alkanes of at least 4 members (excludes halogenated alkanes) is 1. The van der Waals surface area contributed by atoms with E-state index >= 15 is 0 Å². The lowest BCUT2D eigenvalue weighted by Crippen LogP contribution is -2.47. The average Bonchev–Trinajstić information content (AvgIpc) is 2.87. The minimum Gasteiger partial charge on any atom is -0.437 e. The third kappa shape index (κ3) is 5.79. The second kappa shape index (κ2) is 11.7. The van der Waals surface area contributed by atoms with Crippen LogP contribution < -0.4 is 4.74 Å². The molecule has 3 rings (SSSR count). The first kappa shape index (κ1) is 25.3. The van der Waals surface area contributed by atoms with Crippen LogP contribution in [0.4, 0.5) is 0 Å². The van der Waals surface area contributed by atoms with Crippen molar-refractivity contribution in [3.05, 3.63) is 102 Å². The maximum Gasteiger partial charge on any atom is 0.372 e. The third-order valence-electron chi connectivity index (χ3n) is 6.05. The van der Waals surface area contributed by atoms with E-state index in [0.717, 1.165) is 18.4 Å². The molecule has 0 radical (unpaired) electrons. The highest BCUT2D eigenvalue weighted by Crippen LogP contribution is 2.41. The molecule has 0 amide bonds. The van der Waals surface area contributed by atoms with Crippen LogP contribution in [0.1, 0.15) is 44.2 Å². The number of ether oxygens (including phenoxy) is 2. The molecule has 176 valence electrons. The maximum atomic E-state index is 14.0. The molecule has 0 saturated heterocycles. The molecule has 0 spiro atoms. The molecule has 0 aliphatic carbocycles. The highest BCUT2D eigenvalue weighted by Gasteiger charge is 2.49. The molecule has 0 aromatic heterocycles. The van der Waals surface area contributed by atoms with Gasteiger partial charge in [-0.3, -0.25) is 4.79 Å². The van der Waals surface area contributed by atoms with Gasteiger partial charge in [0.15, 0.2) is 6.07 Å². The van der Waals surface area contributed by atoms with Gasteiger partial charge in [0.25, 0.3) is 0 Å². The predicted molar refractivity (Wildman–Crippen MR) is 134 cm³/mol. The van der Waals surface area contributed by atoms with Gasteiger partial charge in [0.2, 0.25) is 0 Å². The Bertz CT molecular complexity index is 1080. The van der Waals surface area contributed by atoms with E-state index in [2.05, 4.69) is 13.0 Å². The number of alkyl halides is 1. The van der Waals surface area contributed by atoms with Gasteiger partial charge < -0.3 is 9.47 Å². The van der Waals surface area contributed by atoms with Gasteiger partial charge in [-0.05, 0) is 37.5 Å². The molecule has 0 heterocycles. The number of nitrogens with zero attached hydrogens (tertiary/aromatic N) is 1. The summed E-state index contributed by atoms with van der Waals surface area (Å²) in [6.45, 7) is 3.88. The summed E-state index contributed by atoms with van der Waals surface area (Å²) < 4.78 is 12.2. The van der Waals surface area contributed by atoms with Crippen LogP contribution in [0.2, 0.25) is 0 Å². The van der Waals surface area contributed by atoms with E-state index in [0.29, 0.717) is 24.2 Å². The number of nitriles is 1. The standard InChI is InChI=1S/C29H30ClNO3/c1-3-4-20-28(23(2)30,21-24-14-8-5-9-15-24)27(32)34-29(22-31,25-16-10-6-11-17-25)33-26-18-12-7-13-19-26/h5-19,23H,3-4,20-21H2,1-2H3. The van der Waals surface area contributed by atoms with Gasteiger partial charge in [-0.1, -0.05) is 98.6 Å². The van der Waals surface area contributed by atoms with Gasteiger partial charge in [-0.2, -0.15) is 5.26 Å². The second-order valence-electron chi connectivity index (χ2n) is 8.44. The summed E-state index contributed by atoms with van der Waals surface area (Å²) in [6.07, 6.45) is 2.63. The van der Waals surface area contributed by atoms with Crippen LogP contribution in [0.25, 0.3) is 0 Å². The van der Waals surface area contributed by atoms with Gasteiger partial charge in [-0.15, -0.1) is 11.6 Å². The zero-order chi connectivity index (χ0) is 24.4. The van der Waals surface area contributed by atoms with E-state index in [4.69, 9.17) is 21.1 Å². The zero-order valence-corrected chi connectivity index (χ0v) is 20.4. The van der Waals surface area contributed by atoms with Crippen LogP contribution in [0, 0.1) is 16.7 Å². The monoisotopic (exact) mass is 475 g/mol. The Kier molecular flexibility index (Phi) is 8.73. The van der Waals surface area contributed by atoms with Crippen molar-refractivity contribution in [2.45, 2.75) is 50.7 Å². The summed E-state index contributed by atoms with van der Waals surface area (Å²) in [6, 6.07) is 29.6. The molecule has 0 saturated carbocycles. The largest absolute Gasteiger partial charge is 0.437 e. The van der Waals surface area contributed by atoms with Gasteiger partial charge in [0, 0.05) is 5.38 Å². The maximum absolute atomic E-state index is 14.0. The molecule has 34 heavy (non-hydrogen) atoms. The van der Waals surface area contributed by atoms with Crippen molar-refractivity contribution in [1.29, 1.82) is 5.26 Å². The molecular weight excluding hydrogens is 446 g/mol. The molecule has 0 aliphatic heterocycles. The number of carbonyl (C=O) groups is 1. The van der Waals surface area contributed by atoms with Crippen LogP contribution in [-0.4, -0.2) is 11.3 Å². The number of rotatable bonds is 11. The Labute approximate surface area is 207 Å². The van der Waals surface area contributed by atoms with Crippen molar-refractivity contribution in [1.82, 2.24) is 0 Å². The number of carbonyl (C=O) groups excluding carboxylic acids is 1. The first-order valence-corrected chi connectivity index (χ1v) is 12.0. The topological polar surface area (TPSA) is 59.3 Å². The quantitative estimate of drug-likeness (QED) is 0.169. The van der Waals surface area contributed by atoms with E-state index in [-0.39, 0.29) is 0 Å². The predicted octanol–water partition coefficient (Wildman–Crippen LogP) is 7.03. The summed E-state index contributed by atoms with van der Waals surface area (Å²) in [5.74, 6) is -2.09. The Balaban J connectivity index is 2.05. The van der Waals surface area contributed by atoms with Crippen LogP contribution in [0.15, 0.2) is 91.0 Å². The van der Waals surface area contributed by atoms with Crippen molar-refractivity contribution in [3.63, 3.8) is 0 Å². The number of para-hydroxylation sites is 1. The van der Waals surface area contributed by atoms with Crippen LogP contribution in [-0.2, 0) is 21.7 Å². The molecular formula is C29H30ClNO3. The molecule has 5 heteroatoms. The Morgan fingerprint density at radius 2 is 1.53 bits per heavy atom. The minimum absolute atomic E-state index is 0.402. The Hall–Kier alpha value is -3.29. The lowest BCUT2D eigenvalue weighted by atomic mass is 9.74. The van der Waals surface area contributed by atoms with Gasteiger partial charge in [0.1, 0.15) is 5.75 Å². The van der Waals surface area contributed by atoms with Crippen LogP contribution >= 0.6 is 11.6 Å². The van der Waals surface area contributed by atoms with Crippen molar-refractivity contribution >= 4 is 17.6 Å². The third-order valence-corrected chi connectivity index (χ3v) is 6.47. The Morgan fingerprint density at radius 3 is 2.06 bits per heavy atom. The van der Waals surface area contributed by atoms with Crippen LogP contribution in [0.3, 0.4) is 0 Å². The fourth-order valence-corrected chi connectivity index (χ4v) is 4.29. The molecule has 3 unspecified atom stereocenters. The summed E-state index contributed by atoms with van der Waals surface area (Å²) in [5, 5.41) is 9.79. The van der Waals surface area contributed by atoms with Crippen molar-refractivity contribution in [2.24, 2.45) is 5.41 Å². The molecule has 3 atom stereocenters. The first-order chi connectivity index (χ1) is 16.5. The summed E-state index contributed by atoms with van der Waals surface area (Å²) in [5.41, 5.74) is 0.380. The number of hydrogen-bond acceptors (Lipinski definition) is 4. The summed E-state index contributed by atoms with van der Waals surface area (Å²) in [4.78, 5) is 14.0. The zero-order valence-electron chi connectivity index (χ0n) is 19.6. The fraction of sp³-hybridized carbons (Fsp3) is 0.310. The molecule has 0 fully saturated rings. The number of halogens is 1. The normalized spacial score (nSPS) is 15.2. The average molecular weight is 476 g/mol. The summed E-state index contributed by atoms with van der Waals surface area (Å²) in [7, 11) is 0. The van der Waals surface area contributed by atoms with Crippen LogP contribution in [0.5, 0.6) is 5.75 Å². The molecule has 4 nitrogen and oxygen atoms in total. The van der Waals surface area contributed by atoms with E-state index in [1.807, 2.05) is 49.4 Å². The summed E-state index contributed by atoms with van der Waals surface area (Å²) >= 11 is 6.73. The lowest BCUT2D eigenvalue weighted by molar-refractivity contribution is -0.196. The molecule has 3 aromatic rings. The number of esters is 1. The van der Waals surface area contributed by atoms with E-state index in [9.17, 15) is 10.1 Å². The first-order valence-electron chi connectivity index (χ1n) is 11.6. The molecule has 0 aliphatic rings. The lowest BCUT2D eigenvalue weighted by Gasteiger charge is -2.37. The minimum atomic E-state index is -1.96. The molecule has 0 N–H and O–H groups in total. The smallest absolute Gasteiger partial charge is 0.372 e.